The fourth-order valence-electron chi connectivity index (χ4n) is 1.31. The monoisotopic (exact) mass is 180 g/mol. The van der Waals surface area contributed by atoms with Crippen molar-refractivity contribution in [3.8, 4) is 0 Å². The molecule has 0 heterocycles. The molecule has 1 aliphatic rings. The topological polar surface area (TPSA) is 9.23 Å². The van der Waals surface area contributed by atoms with Crippen molar-refractivity contribution in [3.05, 3.63) is 24.2 Å². The van der Waals surface area contributed by atoms with Crippen LogP contribution in [0.25, 0.3) is 0 Å². The normalized spacial score (nSPS) is 20.0. The van der Waals surface area contributed by atoms with E-state index in [1.165, 1.54) is 25.7 Å². The maximum atomic E-state index is 5.54. The van der Waals surface area contributed by atoms with Gasteiger partial charge in [-0.1, -0.05) is 13.8 Å². The molecule has 1 nitrogen and oxygen atoms in total. The zero-order valence-electron chi connectivity index (χ0n) is 8.75. The number of rotatable bonds is 4. The molecule has 0 N–H and O–H groups in total. The van der Waals surface area contributed by atoms with Gasteiger partial charge in [0, 0.05) is 6.42 Å². The Labute approximate surface area is 81.5 Å². The van der Waals surface area contributed by atoms with Crippen molar-refractivity contribution in [1.29, 1.82) is 0 Å². The van der Waals surface area contributed by atoms with Crippen molar-refractivity contribution in [3.63, 3.8) is 0 Å². The molecular weight excluding hydrogens is 160 g/mol. The van der Waals surface area contributed by atoms with Crippen LogP contribution in [0.4, 0.5) is 0 Å². The second-order valence-corrected chi connectivity index (χ2v) is 3.75. The molecule has 0 aromatic heterocycles. The Hall–Kier alpha value is -0.720. The molecule has 1 rings (SSSR count). The summed E-state index contributed by atoms with van der Waals surface area (Å²) in [7, 11) is 0. The van der Waals surface area contributed by atoms with E-state index < -0.39 is 0 Å². The quantitative estimate of drug-likeness (QED) is 0.594. The van der Waals surface area contributed by atoms with Gasteiger partial charge >= 0.3 is 0 Å². The average molecular weight is 180 g/mol. The molecule has 74 valence electrons. The van der Waals surface area contributed by atoms with Crippen molar-refractivity contribution in [2.45, 2.75) is 46.0 Å². The van der Waals surface area contributed by atoms with E-state index in [4.69, 9.17) is 4.74 Å². The van der Waals surface area contributed by atoms with E-state index in [0.29, 0.717) is 5.92 Å². The fourth-order valence-corrected chi connectivity index (χ4v) is 1.31. The molecule has 0 amide bonds. The Balaban J connectivity index is 2.24. The van der Waals surface area contributed by atoms with Crippen LogP contribution in [0.2, 0.25) is 0 Å². The molecule has 0 aliphatic heterocycles. The predicted octanol–water partition coefficient (Wildman–Crippen LogP) is 4.02. The van der Waals surface area contributed by atoms with E-state index in [-0.39, 0.29) is 0 Å². The van der Waals surface area contributed by atoms with Crippen LogP contribution < -0.4 is 0 Å². The number of hydrogen-bond donors (Lipinski definition) is 0. The van der Waals surface area contributed by atoms with Gasteiger partial charge in [0.05, 0.1) is 12.0 Å². The van der Waals surface area contributed by atoms with E-state index in [2.05, 4.69) is 26.0 Å². The van der Waals surface area contributed by atoms with Gasteiger partial charge in [-0.2, -0.15) is 0 Å². The van der Waals surface area contributed by atoms with Crippen molar-refractivity contribution in [2.75, 3.05) is 0 Å². The highest BCUT2D eigenvalue weighted by Crippen LogP contribution is 2.18. The molecule has 1 aliphatic carbocycles. The molecule has 1 atom stereocenters. The third-order valence-electron chi connectivity index (χ3n) is 2.52. The SMILES string of the molecule is CC[C@@H](C)/C=C\OC1=CCCCC1. The molecule has 0 saturated heterocycles. The van der Waals surface area contributed by atoms with Crippen LogP contribution >= 0.6 is 0 Å². The van der Waals surface area contributed by atoms with Gasteiger partial charge in [0.1, 0.15) is 0 Å². The highest BCUT2D eigenvalue weighted by Gasteiger charge is 2.02. The predicted molar refractivity (Wildman–Crippen MR) is 56.2 cm³/mol. The Kier molecular flexibility index (Phi) is 4.66. The molecule has 13 heavy (non-hydrogen) atoms. The van der Waals surface area contributed by atoms with Crippen molar-refractivity contribution in [1.82, 2.24) is 0 Å². The first-order valence-electron chi connectivity index (χ1n) is 5.35. The van der Waals surface area contributed by atoms with E-state index in [0.717, 1.165) is 12.2 Å². The zero-order valence-corrected chi connectivity index (χ0v) is 8.75. The largest absolute Gasteiger partial charge is 0.470 e. The van der Waals surface area contributed by atoms with E-state index in [1.807, 2.05) is 6.26 Å². The van der Waals surface area contributed by atoms with Gasteiger partial charge in [0.2, 0.25) is 0 Å². The lowest BCUT2D eigenvalue weighted by Crippen LogP contribution is -1.93. The Morgan fingerprint density at radius 3 is 3.00 bits per heavy atom. The first kappa shape index (κ1) is 10.4. The van der Waals surface area contributed by atoms with Gasteiger partial charge in [-0.15, -0.1) is 0 Å². The summed E-state index contributed by atoms with van der Waals surface area (Å²) in [6.45, 7) is 4.39. The van der Waals surface area contributed by atoms with E-state index >= 15 is 0 Å². The van der Waals surface area contributed by atoms with Crippen molar-refractivity contribution >= 4 is 0 Å². The summed E-state index contributed by atoms with van der Waals surface area (Å²) in [5.41, 5.74) is 0. The first-order chi connectivity index (χ1) is 6.33. The number of allylic oxidation sites excluding steroid dienone is 3. The highest BCUT2D eigenvalue weighted by atomic mass is 16.5. The van der Waals surface area contributed by atoms with Crippen LogP contribution in [-0.2, 0) is 4.74 Å². The van der Waals surface area contributed by atoms with Gasteiger partial charge in [0.25, 0.3) is 0 Å². The third kappa shape index (κ3) is 4.16. The third-order valence-corrected chi connectivity index (χ3v) is 2.52. The second kappa shape index (κ2) is 5.85. The maximum Gasteiger partial charge on any atom is 0.0992 e. The van der Waals surface area contributed by atoms with Crippen molar-refractivity contribution < 1.29 is 4.74 Å². The van der Waals surface area contributed by atoms with E-state index in [9.17, 15) is 0 Å². The van der Waals surface area contributed by atoms with Gasteiger partial charge in [-0.25, -0.2) is 0 Å². The van der Waals surface area contributed by atoms with Gasteiger partial charge in [-0.3, -0.25) is 0 Å². The van der Waals surface area contributed by atoms with Crippen LogP contribution in [0.3, 0.4) is 0 Å². The maximum absolute atomic E-state index is 5.54. The molecule has 0 fully saturated rings. The van der Waals surface area contributed by atoms with Crippen LogP contribution in [0.5, 0.6) is 0 Å². The first-order valence-corrected chi connectivity index (χ1v) is 5.35. The minimum absolute atomic E-state index is 0.629. The number of hydrogen-bond acceptors (Lipinski definition) is 1. The molecule has 0 spiro atoms. The van der Waals surface area contributed by atoms with Crippen LogP contribution in [0.15, 0.2) is 24.2 Å². The standard InChI is InChI=1S/C12H20O/c1-3-11(2)9-10-13-12-7-5-4-6-8-12/h7,9-11H,3-6,8H2,1-2H3/b10-9-/t11-/m1/s1. The van der Waals surface area contributed by atoms with Crippen molar-refractivity contribution in [2.24, 2.45) is 5.92 Å². The molecule has 0 radical (unpaired) electrons. The second-order valence-electron chi connectivity index (χ2n) is 3.75. The molecule has 0 bridgehead atoms. The smallest absolute Gasteiger partial charge is 0.0992 e. The lowest BCUT2D eigenvalue weighted by molar-refractivity contribution is 0.316. The van der Waals surface area contributed by atoms with Crippen LogP contribution in [0.1, 0.15) is 46.0 Å². The molecule has 0 aromatic carbocycles. The molecular formula is C12H20O. The molecule has 0 unspecified atom stereocenters. The summed E-state index contributed by atoms with van der Waals surface area (Å²) in [6.07, 6.45) is 12.3. The molecule has 0 saturated carbocycles. The lowest BCUT2D eigenvalue weighted by atomic mass is 10.1. The Morgan fingerprint density at radius 2 is 2.38 bits per heavy atom. The minimum atomic E-state index is 0.629. The zero-order chi connectivity index (χ0) is 9.52. The van der Waals surface area contributed by atoms with Gasteiger partial charge in [-0.05, 0) is 43.8 Å². The van der Waals surface area contributed by atoms with Gasteiger partial charge < -0.3 is 4.74 Å². The lowest BCUT2D eigenvalue weighted by Gasteiger charge is -2.11. The summed E-state index contributed by atoms with van der Waals surface area (Å²) in [5.74, 6) is 1.79. The Morgan fingerprint density at radius 1 is 1.54 bits per heavy atom. The van der Waals surface area contributed by atoms with Gasteiger partial charge in [0.15, 0.2) is 0 Å². The van der Waals surface area contributed by atoms with Crippen LogP contribution in [-0.4, -0.2) is 0 Å². The summed E-state index contributed by atoms with van der Waals surface area (Å²) < 4.78 is 5.54. The highest BCUT2D eigenvalue weighted by molar-refractivity contribution is 4.98. The van der Waals surface area contributed by atoms with E-state index in [1.54, 1.807) is 0 Å². The fraction of sp³-hybridized carbons (Fsp3) is 0.667. The molecule has 0 aromatic rings. The van der Waals surface area contributed by atoms with Crippen LogP contribution in [0, 0.1) is 5.92 Å². The summed E-state index contributed by atoms with van der Waals surface area (Å²) in [6, 6.07) is 0. The minimum Gasteiger partial charge on any atom is -0.470 e. The molecule has 1 heteroatoms. The number of ether oxygens (including phenoxy) is 1. The summed E-state index contributed by atoms with van der Waals surface area (Å²) in [4.78, 5) is 0. The summed E-state index contributed by atoms with van der Waals surface area (Å²) in [5, 5.41) is 0. The average Bonchev–Trinajstić information content (AvgIpc) is 2.19. The summed E-state index contributed by atoms with van der Waals surface area (Å²) >= 11 is 0. The Bertz CT molecular complexity index is 191.